The number of methoxy groups -OCH3 is 1. The summed E-state index contributed by atoms with van der Waals surface area (Å²) in [4.78, 5) is 11.3. The van der Waals surface area contributed by atoms with E-state index in [1.54, 1.807) is 5.51 Å². The van der Waals surface area contributed by atoms with Gasteiger partial charge < -0.3 is 10.1 Å². The van der Waals surface area contributed by atoms with E-state index in [1.807, 2.05) is 0 Å². The summed E-state index contributed by atoms with van der Waals surface area (Å²) in [5.41, 5.74) is 1.71. The molecule has 0 amide bonds. The Morgan fingerprint density at radius 1 is 1.50 bits per heavy atom. The van der Waals surface area contributed by atoms with Crippen molar-refractivity contribution in [1.29, 1.82) is 0 Å². The van der Waals surface area contributed by atoms with Crippen molar-refractivity contribution in [2.24, 2.45) is 5.92 Å². The highest BCUT2D eigenvalue weighted by atomic mass is 32.1. The summed E-state index contributed by atoms with van der Waals surface area (Å²) < 4.78 is 4.75. The molecule has 1 N–H and O–H groups in total. The number of anilines is 1. The van der Waals surface area contributed by atoms with E-state index in [2.05, 4.69) is 15.5 Å². The van der Waals surface area contributed by atoms with Crippen LogP contribution < -0.4 is 5.32 Å². The number of hydrogen-bond acceptors (Lipinski definition) is 6. The van der Waals surface area contributed by atoms with E-state index in [1.165, 1.54) is 18.4 Å². The highest BCUT2D eigenvalue weighted by molar-refractivity contribution is 7.13. The molecule has 88 valence electrons. The lowest BCUT2D eigenvalue weighted by atomic mass is 9.86. The third-order valence-electron chi connectivity index (χ3n) is 2.95. The fraction of sp³-hybridized carbons (Fsp3) is 0.700. The van der Waals surface area contributed by atoms with Crippen LogP contribution in [0.3, 0.4) is 0 Å². The molecule has 1 aliphatic carbocycles. The van der Waals surface area contributed by atoms with Crippen molar-refractivity contribution >= 4 is 22.4 Å². The molecule has 0 spiro atoms. The molecule has 0 aliphatic heterocycles. The number of carbonyl (C=O) groups is 1. The maximum Gasteiger partial charge on any atom is 0.308 e. The molecule has 1 fully saturated rings. The minimum atomic E-state index is -0.0747. The van der Waals surface area contributed by atoms with Crippen molar-refractivity contribution in [3.05, 3.63) is 5.51 Å². The molecule has 0 aromatic carbocycles. The topological polar surface area (TPSA) is 64.1 Å². The van der Waals surface area contributed by atoms with E-state index in [0.717, 1.165) is 30.8 Å². The molecule has 1 saturated carbocycles. The van der Waals surface area contributed by atoms with Crippen molar-refractivity contribution < 1.29 is 9.53 Å². The van der Waals surface area contributed by atoms with Crippen molar-refractivity contribution in [1.82, 2.24) is 10.2 Å². The summed E-state index contributed by atoms with van der Waals surface area (Å²) >= 11 is 1.50. The van der Waals surface area contributed by atoms with Crippen molar-refractivity contribution in [2.75, 3.05) is 12.4 Å². The zero-order valence-corrected chi connectivity index (χ0v) is 10.00. The summed E-state index contributed by atoms with van der Waals surface area (Å²) in [5, 5.41) is 11.9. The minimum absolute atomic E-state index is 0.0747. The van der Waals surface area contributed by atoms with Crippen molar-refractivity contribution in [2.45, 2.75) is 31.7 Å². The second-order valence-corrected chi connectivity index (χ2v) is 4.79. The molecule has 16 heavy (non-hydrogen) atoms. The van der Waals surface area contributed by atoms with Crippen LogP contribution in [0.5, 0.6) is 0 Å². The monoisotopic (exact) mass is 241 g/mol. The summed E-state index contributed by atoms with van der Waals surface area (Å²) in [7, 11) is 1.45. The molecule has 0 unspecified atom stereocenters. The molecule has 2 rings (SSSR count). The zero-order valence-electron chi connectivity index (χ0n) is 9.18. The summed E-state index contributed by atoms with van der Waals surface area (Å²) in [6.45, 7) is 0. The predicted octanol–water partition coefficient (Wildman–Crippen LogP) is 1.68. The Hall–Kier alpha value is -1.17. The summed E-state index contributed by atoms with van der Waals surface area (Å²) in [5.74, 6) is 0.00633. The first-order valence-electron chi connectivity index (χ1n) is 5.40. The number of aromatic nitrogens is 2. The summed E-state index contributed by atoms with van der Waals surface area (Å²) in [6.07, 6.45) is 3.75. The summed E-state index contributed by atoms with van der Waals surface area (Å²) in [6, 6.07) is 0.411. The molecule has 1 aromatic rings. The lowest BCUT2D eigenvalue weighted by Crippen LogP contribution is -2.29. The van der Waals surface area contributed by atoms with Gasteiger partial charge in [0, 0.05) is 6.04 Å². The maximum atomic E-state index is 11.3. The standard InChI is InChI=1S/C10H15N3O2S/c1-15-9(14)7-2-4-8(5-3-7)12-10-13-11-6-16-10/h6-8H,2-5H2,1H3,(H,12,13). The van der Waals surface area contributed by atoms with Crippen LogP contribution in [0.15, 0.2) is 5.51 Å². The van der Waals surface area contributed by atoms with Crippen LogP contribution in [-0.2, 0) is 9.53 Å². The minimum Gasteiger partial charge on any atom is -0.469 e. The van der Waals surface area contributed by atoms with E-state index >= 15 is 0 Å². The first-order chi connectivity index (χ1) is 7.79. The first-order valence-corrected chi connectivity index (χ1v) is 6.28. The second kappa shape index (κ2) is 5.25. The fourth-order valence-electron chi connectivity index (χ4n) is 2.05. The van der Waals surface area contributed by atoms with Crippen LogP contribution in [0, 0.1) is 5.92 Å². The van der Waals surface area contributed by atoms with Gasteiger partial charge in [-0.3, -0.25) is 4.79 Å². The number of ether oxygens (including phenoxy) is 1. The van der Waals surface area contributed by atoms with Gasteiger partial charge in [-0.1, -0.05) is 11.3 Å². The molecule has 1 aliphatic rings. The Balaban J connectivity index is 1.79. The van der Waals surface area contributed by atoms with E-state index in [9.17, 15) is 4.79 Å². The van der Waals surface area contributed by atoms with Crippen LogP contribution in [0.2, 0.25) is 0 Å². The van der Waals surface area contributed by atoms with Gasteiger partial charge in [-0.15, -0.1) is 10.2 Å². The fourth-order valence-corrected chi connectivity index (χ4v) is 2.57. The molecule has 1 aromatic heterocycles. The van der Waals surface area contributed by atoms with Gasteiger partial charge in [-0.2, -0.15) is 0 Å². The van der Waals surface area contributed by atoms with E-state index in [4.69, 9.17) is 4.74 Å². The van der Waals surface area contributed by atoms with E-state index in [-0.39, 0.29) is 11.9 Å². The largest absolute Gasteiger partial charge is 0.469 e. The molecule has 0 atom stereocenters. The Morgan fingerprint density at radius 3 is 2.81 bits per heavy atom. The zero-order chi connectivity index (χ0) is 11.4. The molecule has 5 nitrogen and oxygen atoms in total. The van der Waals surface area contributed by atoms with Crippen LogP contribution >= 0.6 is 11.3 Å². The Bertz CT molecular complexity index is 334. The van der Waals surface area contributed by atoms with E-state index in [0.29, 0.717) is 6.04 Å². The third-order valence-corrected chi connectivity index (χ3v) is 3.57. The molecular weight excluding hydrogens is 226 g/mol. The predicted molar refractivity (Wildman–Crippen MR) is 61.3 cm³/mol. The first kappa shape index (κ1) is 11.3. The quantitative estimate of drug-likeness (QED) is 0.816. The van der Waals surface area contributed by atoms with Gasteiger partial charge >= 0.3 is 5.97 Å². The average Bonchev–Trinajstić information content (AvgIpc) is 2.82. The Labute approximate surface area is 98.2 Å². The Kier molecular flexibility index (Phi) is 3.71. The normalized spacial score (nSPS) is 25.1. The third kappa shape index (κ3) is 2.69. The highest BCUT2D eigenvalue weighted by Crippen LogP contribution is 2.27. The molecule has 0 bridgehead atoms. The lowest BCUT2D eigenvalue weighted by molar-refractivity contribution is -0.146. The number of nitrogens with zero attached hydrogens (tertiary/aromatic N) is 2. The van der Waals surface area contributed by atoms with Crippen LogP contribution in [0.25, 0.3) is 0 Å². The van der Waals surface area contributed by atoms with Crippen LogP contribution in [0.1, 0.15) is 25.7 Å². The van der Waals surface area contributed by atoms with Crippen LogP contribution in [-0.4, -0.2) is 29.3 Å². The second-order valence-electron chi connectivity index (χ2n) is 3.96. The van der Waals surface area contributed by atoms with Gasteiger partial charge in [-0.05, 0) is 25.7 Å². The van der Waals surface area contributed by atoms with Gasteiger partial charge in [0.1, 0.15) is 5.51 Å². The van der Waals surface area contributed by atoms with Gasteiger partial charge in [0.2, 0.25) is 5.13 Å². The van der Waals surface area contributed by atoms with Gasteiger partial charge in [0.15, 0.2) is 0 Å². The van der Waals surface area contributed by atoms with Crippen molar-refractivity contribution in [3.8, 4) is 0 Å². The molecule has 0 saturated heterocycles. The highest BCUT2D eigenvalue weighted by Gasteiger charge is 2.26. The van der Waals surface area contributed by atoms with Gasteiger partial charge in [0.25, 0.3) is 0 Å². The van der Waals surface area contributed by atoms with Gasteiger partial charge in [0.05, 0.1) is 13.0 Å². The number of hydrogen-bond donors (Lipinski definition) is 1. The van der Waals surface area contributed by atoms with E-state index < -0.39 is 0 Å². The molecular formula is C10H15N3O2S. The Morgan fingerprint density at radius 2 is 2.25 bits per heavy atom. The SMILES string of the molecule is COC(=O)C1CCC(Nc2nncs2)CC1. The molecule has 1 heterocycles. The maximum absolute atomic E-state index is 11.3. The lowest BCUT2D eigenvalue weighted by Gasteiger charge is -2.27. The van der Waals surface area contributed by atoms with Crippen molar-refractivity contribution in [3.63, 3.8) is 0 Å². The number of nitrogens with one attached hydrogen (secondary N) is 1. The van der Waals surface area contributed by atoms with Crippen LogP contribution in [0.4, 0.5) is 5.13 Å². The average molecular weight is 241 g/mol. The number of esters is 1. The molecule has 0 radical (unpaired) electrons. The number of rotatable bonds is 3. The molecule has 6 heteroatoms. The smallest absolute Gasteiger partial charge is 0.308 e. The number of carbonyl (C=O) groups excluding carboxylic acids is 1. The van der Waals surface area contributed by atoms with Gasteiger partial charge in [-0.25, -0.2) is 0 Å².